The number of aryl methyl sites for hydroxylation is 1. The van der Waals surface area contributed by atoms with Crippen LogP contribution in [0.5, 0.6) is 0 Å². The van der Waals surface area contributed by atoms with E-state index in [0.717, 1.165) is 6.20 Å². The molecule has 1 aliphatic heterocycles. The number of fused-ring (bicyclic) bond motifs is 1. The zero-order chi connectivity index (χ0) is 19.2. The summed E-state index contributed by atoms with van der Waals surface area (Å²) in [5.41, 5.74) is 6.12. The SMILES string of the molecule is Cn1cnc2c(Cc3ccccc3F)nc(C3=CN(C(F)(F)F)NN3)nc21. The molecule has 2 aromatic heterocycles. The van der Waals surface area contributed by atoms with E-state index in [-0.39, 0.29) is 23.0 Å². The molecule has 0 saturated carbocycles. The normalized spacial score (nSPS) is 14.6. The van der Waals surface area contributed by atoms with E-state index in [2.05, 4.69) is 20.4 Å². The maximum atomic E-state index is 14.0. The summed E-state index contributed by atoms with van der Waals surface area (Å²) in [6.45, 7) is 0. The molecule has 0 atom stereocenters. The molecule has 0 unspecified atom stereocenters. The van der Waals surface area contributed by atoms with Gasteiger partial charge in [0.25, 0.3) is 0 Å². The fraction of sp³-hybridized carbons (Fsp3) is 0.188. The van der Waals surface area contributed by atoms with Gasteiger partial charge < -0.3 is 4.57 Å². The Hall–Kier alpha value is -3.21. The van der Waals surface area contributed by atoms with E-state index in [1.54, 1.807) is 29.8 Å². The summed E-state index contributed by atoms with van der Waals surface area (Å²) in [7, 11) is 1.70. The Labute approximate surface area is 150 Å². The molecule has 3 aromatic rings. The van der Waals surface area contributed by atoms with Crippen molar-refractivity contribution in [2.75, 3.05) is 0 Å². The zero-order valence-electron chi connectivity index (χ0n) is 13.9. The van der Waals surface area contributed by atoms with Gasteiger partial charge in [0.2, 0.25) is 0 Å². The molecule has 0 spiro atoms. The van der Waals surface area contributed by atoms with E-state index in [9.17, 15) is 17.6 Å². The van der Waals surface area contributed by atoms with Gasteiger partial charge >= 0.3 is 6.30 Å². The Bertz CT molecular complexity index is 1040. The van der Waals surface area contributed by atoms with Crippen LogP contribution in [0.4, 0.5) is 17.6 Å². The molecule has 1 aliphatic rings. The minimum absolute atomic E-state index is 0.0326. The Balaban J connectivity index is 1.79. The topological polar surface area (TPSA) is 70.9 Å². The first-order valence-electron chi connectivity index (χ1n) is 7.84. The average molecular weight is 379 g/mol. The van der Waals surface area contributed by atoms with Gasteiger partial charge in [-0.05, 0) is 11.6 Å². The summed E-state index contributed by atoms with van der Waals surface area (Å²) in [6, 6.07) is 6.22. The van der Waals surface area contributed by atoms with Crippen LogP contribution >= 0.6 is 0 Å². The number of halogens is 4. The highest BCUT2D eigenvalue weighted by Crippen LogP contribution is 2.25. The van der Waals surface area contributed by atoms with Gasteiger partial charge in [0.05, 0.1) is 18.2 Å². The lowest BCUT2D eigenvalue weighted by Gasteiger charge is -2.17. The van der Waals surface area contributed by atoms with E-state index < -0.39 is 12.1 Å². The molecule has 11 heteroatoms. The number of aromatic nitrogens is 4. The zero-order valence-corrected chi connectivity index (χ0v) is 13.9. The number of hydrazine groups is 2. The van der Waals surface area contributed by atoms with E-state index in [4.69, 9.17) is 0 Å². The largest absolute Gasteiger partial charge is 0.500 e. The first kappa shape index (κ1) is 17.2. The Morgan fingerprint density at radius 2 is 1.93 bits per heavy atom. The molecule has 0 bridgehead atoms. The number of alkyl halides is 3. The Kier molecular flexibility index (Phi) is 3.95. The fourth-order valence-electron chi connectivity index (χ4n) is 2.70. The van der Waals surface area contributed by atoms with E-state index >= 15 is 0 Å². The summed E-state index contributed by atoms with van der Waals surface area (Å²) >= 11 is 0. The summed E-state index contributed by atoms with van der Waals surface area (Å²) in [4.78, 5) is 12.9. The van der Waals surface area contributed by atoms with Crippen molar-refractivity contribution in [1.82, 2.24) is 35.5 Å². The van der Waals surface area contributed by atoms with Crippen LogP contribution in [0.25, 0.3) is 16.9 Å². The van der Waals surface area contributed by atoms with Gasteiger partial charge in [-0.25, -0.2) is 24.4 Å². The standard InChI is InChI=1S/C16H13F4N7/c1-26-8-21-13-11(6-9-4-2-3-5-10(9)17)22-14(23-15(13)26)12-7-27(25-24-12)16(18,19)20/h2-5,7-8,24-25H,6H2,1H3. The van der Waals surface area contributed by atoms with Gasteiger partial charge in [-0.1, -0.05) is 18.2 Å². The number of benzene rings is 1. The summed E-state index contributed by atoms with van der Waals surface area (Å²) in [5, 5.41) is -0.0460. The second-order valence-electron chi connectivity index (χ2n) is 5.91. The van der Waals surface area contributed by atoms with E-state index in [1.807, 2.05) is 5.53 Å². The molecular formula is C16H13F4N7. The molecule has 140 valence electrons. The van der Waals surface area contributed by atoms with Crippen LogP contribution in [0, 0.1) is 5.82 Å². The minimum atomic E-state index is -4.61. The van der Waals surface area contributed by atoms with Crippen LogP contribution in [-0.2, 0) is 13.5 Å². The average Bonchev–Trinajstić information content (AvgIpc) is 3.24. The van der Waals surface area contributed by atoms with Crippen LogP contribution in [0.15, 0.2) is 36.8 Å². The monoisotopic (exact) mass is 379 g/mol. The van der Waals surface area contributed by atoms with Crippen molar-refractivity contribution in [3.63, 3.8) is 0 Å². The third-order valence-electron chi connectivity index (χ3n) is 4.03. The van der Waals surface area contributed by atoms with Crippen LogP contribution in [0.2, 0.25) is 0 Å². The molecule has 27 heavy (non-hydrogen) atoms. The quantitative estimate of drug-likeness (QED) is 0.537. The van der Waals surface area contributed by atoms with Gasteiger partial charge in [0.15, 0.2) is 11.5 Å². The lowest BCUT2D eigenvalue weighted by molar-refractivity contribution is -0.243. The maximum absolute atomic E-state index is 14.0. The maximum Gasteiger partial charge on any atom is 0.500 e. The predicted molar refractivity (Wildman–Crippen MR) is 87.7 cm³/mol. The highest BCUT2D eigenvalue weighted by molar-refractivity contribution is 5.76. The first-order valence-corrected chi connectivity index (χ1v) is 7.84. The minimum Gasteiger partial charge on any atom is -0.318 e. The molecule has 3 heterocycles. The van der Waals surface area contributed by atoms with Crippen molar-refractivity contribution in [3.8, 4) is 0 Å². The highest BCUT2D eigenvalue weighted by Gasteiger charge is 2.39. The molecule has 7 nitrogen and oxygen atoms in total. The molecular weight excluding hydrogens is 366 g/mol. The molecule has 1 aromatic carbocycles. The molecule has 0 amide bonds. The van der Waals surface area contributed by atoms with Gasteiger partial charge in [-0.15, -0.1) is 18.7 Å². The lowest BCUT2D eigenvalue weighted by atomic mass is 10.1. The second-order valence-corrected chi connectivity index (χ2v) is 5.91. The number of nitrogens with zero attached hydrogens (tertiary/aromatic N) is 5. The summed E-state index contributed by atoms with van der Waals surface area (Å²) in [5.74, 6) is -0.360. The van der Waals surface area contributed by atoms with Crippen LogP contribution in [0.1, 0.15) is 17.1 Å². The van der Waals surface area contributed by atoms with Crippen LogP contribution < -0.4 is 11.0 Å². The fourth-order valence-corrected chi connectivity index (χ4v) is 2.70. The van der Waals surface area contributed by atoms with Gasteiger partial charge in [-0.2, -0.15) is 0 Å². The van der Waals surface area contributed by atoms with Crippen molar-refractivity contribution < 1.29 is 17.6 Å². The third-order valence-corrected chi connectivity index (χ3v) is 4.03. The third kappa shape index (κ3) is 3.16. The van der Waals surface area contributed by atoms with Crippen LogP contribution in [-0.4, -0.2) is 30.8 Å². The number of rotatable bonds is 3. The lowest BCUT2D eigenvalue weighted by Crippen LogP contribution is -2.45. The number of nitrogens with one attached hydrogen (secondary N) is 2. The molecule has 0 saturated heterocycles. The summed E-state index contributed by atoms with van der Waals surface area (Å²) < 4.78 is 54.1. The van der Waals surface area contributed by atoms with Crippen molar-refractivity contribution >= 4 is 16.9 Å². The molecule has 0 fully saturated rings. The molecule has 4 rings (SSSR count). The molecule has 0 aliphatic carbocycles. The van der Waals surface area contributed by atoms with Crippen LogP contribution in [0.3, 0.4) is 0 Å². The van der Waals surface area contributed by atoms with Gasteiger partial charge in [-0.3, -0.25) is 5.43 Å². The van der Waals surface area contributed by atoms with E-state index in [1.165, 1.54) is 12.4 Å². The Morgan fingerprint density at radius 3 is 2.63 bits per heavy atom. The van der Waals surface area contributed by atoms with Gasteiger partial charge in [0, 0.05) is 13.5 Å². The van der Waals surface area contributed by atoms with Gasteiger partial charge in [0.1, 0.15) is 17.0 Å². The van der Waals surface area contributed by atoms with Crippen molar-refractivity contribution in [2.45, 2.75) is 12.7 Å². The highest BCUT2D eigenvalue weighted by atomic mass is 19.4. The first-order chi connectivity index (χ1) is 12.8. The summed E-state index contributed by atoms with van der Waals surface area (Å²) in [6.07, 6.45) is -2.16. The number of imidazole rings is 1. The van der Waals surface area contributed by atoms with Crippen molar-refractivity contribution in [2.24, 2.45) is 7.05 Å². The van der Waals surface area contributed by atoms with Crippen molar-refractivity contribution in [3.05, 3.63) is 59.7 Å². The van der Waals surface area contributed by atoms with Crippen molar-refractivity contribution in [1.29, 1.82) is 0 Å². The Morgan fingerprint density at radius 1 is 1.15 bits per heavy atom. The number of hydrogen-bond acceptors (Lipinski definition) is 6. The molecule has 0 radical (unpaired) electrons. The molecule has 2 N–H and O–H groups in total. The number of hydrogen-bond donors (Lipinski definition) is 2. The second kappa shape index (κ2) is 6.20. The van der Waals surface area contributed by atoms with E-state index in [0.29, 0.717) is 22.4 Å². The predicted octanol–water partition coefficient (Wildman–Crippen LogP) is 2.24. The smallest absolute Gasteiger partial charge is 0.318 e.